The summed E-state index contributed by atoms with van der Waals surface area (Å²) in [5.74, 6) is -0.778. The molecular formula is C11H23N3O3. The SMILES string of the molecule is CC(C)C[C@H](NC(=O)NCCN(C)C)C(=O)O. The van der Waals surface area contributed by atoms with E-state index in [1.807, 2.05) is 32.8 Å². The Morgan fingerprint density at radius 3 is 2.29 bits per heavy atom. The van der Waals surface area contributed by atoms with Gasteiger partial charge in [0.25, 0.3) is 0 Å². The molecule has 0 saturated heterocycles. The van der Waals surface area contributed by atoms with E-state index < -0.39 is 18.0 Å². The fourth-order valence-electron chi connectivity index (χ4n) is 1.30. The van der Waals surface area contributed by atoms with Crippen LogP contribution in [0, 0.1) is 5.92 Å². The van der Waals surface area contributed by atoms with Gasteiger partial charge in [-0.25, -0.2) is 9.59 Å². The predicted molar refractivity (Wildman–Crippen MR) is 66.0 cm³/mol. The Hall–Kier alpha value is -1.30. The Kier molecular flexibility index (Phi) is 7.29. The minimum Gasteiger partial charge on any atom is -0.480 e. The van der Waals surface area contributed by atoms with Gasteiger partial charge in [-0.2, -0.15) is 0 Å². The van der Waals surface area contributed by atoms with Crippen molar-refractivity contribution in [1.82, 2.24) is 15.5 Å². The molecule has 6 nitrogen and oxygen atoms in total. The third-order valence-corrected chi connectivity index (χ3v) is 2.16. The molecule has 0 aromatic heterocycles. The van der Waals surface area contributed by atoms with E-state index in [0.29, 0.717) is 13.0 Å². The number of aliphatic carboxylic acids is 1. The van der Waals surface area contributed by atoms with E-state index in [1.54, 1.807) is 0 Å². The molecule has 0 spiro atoms. The van der Waals surface area contributed by atoms with E-state index in [0.717, 1.165) is 6.54 Å². The third-order valence-electron chi connectivity index (χ3n) is 2.16. The predicted octanol–water partition coefficient (Wildman–Crippen LogP) is 0.347. The highest BCUT2D eigenvalue weighted by Gasteiger charge is 2.20. The highest BCUT2D eigenvalue weighted by molar-refractivity contribution is 5.82. The van der Waals surface area contributed by atoms with Gasteiger partial charge in [0.1, 0.15) is 6.04 Å². The summed E-state index contributed by atoms with van der Waals surface area (Å²) in [6, 6.07) is -1.26. The van der Waals surface area contributed by atoms with Gasteiger partial charge in [0, 0.05) is 13.1 Å². The van der Waals surface area contributed by atoms with Gasteiger partial charge in [0.2, 0.25) is 0 Å². The lowest BCUT2D eigenvalue weighted by atomic mass is 10.0. The highest BCUT2D eigenvalue weighted by Crippen LogP contribution is 2.04. The average molecular weight is 245 g/mol. The first-order valence-electron chi connectivity index (χ1n) is 5.74. The lowest BCUT2D eigenvalue weighted by Crippen LogP contribution is -2.47. The maximum atomic E-state index is 11.4. The normalized spacial score (nSPS) is 12.6. The summed E-state index contributed by atoms with van der Waals surface area (Å²) in [7, 11) is 3.80. The molecule has 0 unspecified atom stereocenters. The number of nitrogens with zero attached hydrogens (tertiary/aromatic N) is 1. The first-order valence-corrected chi connectivity index (χ1v) is 5.74. The summed E-state index contributed by atoms with van der Waals surface area (Å²) in [4.78, 5) is 24.3. The number of likely N-dealkylation sites (N-methyl/N-ethyl adjacent to an activating group) is 1. The summed E-state index contributed by atoms with van der Waals surface area (Å²) in [5.41, 5.74) is 0. The molecule has 17 heavy (non-hydrogen) atoms. The molecule has 0 aromatic carbocycles. The van der Waals surface area contributed by atoms with Crippen LogP contribution in [0.3, 0.4) is 0 Å². The molecular weight excluding hydrogens is 222 g/mol. The molecule has 0 aliphatic rings. The summed E-state index contributed by atoms with van der Waals surface area (Å²) >= 11 is 0. The Bertz CT molecular complexity index is 254. The van der Waals surface area contributed by atoms with Crippen molar-refractivity contribution in [3.63, 3.8) is 0 Å². The molecule has 0 aliphatic heterocycles. The van der Waals surface area contributed by atoms with Crippen LogP contribution in [0.2, 0.25) is 0 Å². The molecule has 0 radical (unpaired) electrons. The van der Waals surface area contributed by atoms with Crippen molar-refractivity contribution < 1.29 is 14.7 Å². The number of rotatable bonds is 7. The van der Waals surface area contributed by atoms with Gasteiger partial charge < -0.3 is 20.6 Å². The van der Waals surface area contributed by atoms with Crippen LogP contribution in [0.15, 0.2) is 0 Å². The van der Waals surface area contributed by atoms with Gasteiger partial charge >= 0.3 is 12.0 Å². The van der Waals surface area contributed by atoms with Gasteiger partial charge in [-0.05, 0) is 26.4 Å². The minimum absolute atomic E-state index is 0.221. The molecule has 6 heteroatoms. The Morgan fingerprint density at radius 2 is 1.88 bits per heavy atom. The van der Waals surface area contributed by atoms with Crippen LogP contribution in [0.1, 0.15) is 20.3 Å². The molecule has 0 heterocycles. The van der Waals surface area contributed by atoms with Crippen molar-refractivity contribution in [2.45, 2.75) is 26.3 Å². The van der Waals surface area contributed by atoms with Gasteiger partial charge in [-0.3, -0.25) is 0 Å². The molecule has 2 amide bonds. The number of nitrogens with one attached hydrogen (secondary N) is 2. The lowest BCUT2D eigenvalue weighted by molar-refractivity contribution is -0.139. The van der Waals surface area contributed by atoms with E-state index in [2.05, 4.69) is 10.6 Å². The van der Waals surface area contributed by atoms with Crippen LogP contribution in [0.25, 0.3) is 0 Å². The van der Waals surface area contributed by atoms with Crippen LogP contribution in [-0.2, 0) is 4.79 Å². The fourth-order valence-corrected chi connectivity index (χ4v) is 1.30. The monoisotopic (exact) mass is 245 g/mol. The molecule has 0 rings (SSSR count). The number of urea groups is 1. The number of carbonyl (C=O) groups excluding carboxylic acids is 1. The number of hydrogen-bond donors (Lipinski definition) is 3. The zero-order valence-electron chi connectivity index (χ0n) is 11.0. The Labute approximate surface area is 102 Å². The van der Waals surface area contributed by atoms with E-state index in [-0.39, 0.29) is 5.92 Å². The Balaban J connectivity index is 4.00. The van der Waals surface area contributed by atoms with Crippen LogP contribution in [0.5, 0.6) is 0 Å². The zero-order chi connectivity index (χ0) is 13.4. The average Bonchev–Trinajstić information content (AvgIpc) is 2.15. The molecule has 0 aromatic rings. The van der Waals surface area contributed by atoms with Crippen LogP contribution < -0.4 is 10.6 Å². The summed E-state index contributed by atoms with van der Waals surface area (Å²) in [6.45, 7) is 5.05. The largest absolute Gasteiger partial charge is 0.480 e. The zero-order valence-corrected chi connectivity index (χ0v) is 11.0. The second-order valence-corrected chi connectivity index (χ2v) is 4.72. The van der Waals surface area contributed by atoms with Gasteiger partial charge in [-0.15, -0.1) is 0 Å². The maximum absolute atomic E-state index is 11.4. The molecule has 3 N–H and O–H groups in total. The molecule has 0 fully saturated rings. The van der Waals surface area contributed by atoms with Gasteiger partial charge in [0.15, 0.2) is 0 Å². The van der Waals surface area contributed by atoms with E-state index in [1.165, 1.54) is 0 Å². The second kappa shape index (κ2) is 7.89. The molecule has 0 bridgehead atoms. The minimum atomic E-state index is -0.999. The number of carbonyl (C=O) groups is 2. The molecule has 0 saturated carbocycles. The summed E-state index contributed by atoms with van der Waals surface area (Å²) in [5, 5.41) is 14.0. The molecule has 0 aliphatic carbocycles. The second-order valence-electron chi connectivity index (χ2n) is 4.72. The quantitative estimate of drug-likeness (QED) is 0.604. The topological polar surface area (TPSA) is 81.7 Å². The number of hydrogen-bond acceptors (Lipinski definition) is 3. The van der Waals surface area contributed by atoms with Crippen LogP contribution in [0.4, 0.5) is 4.79 Å². The summed E-state index contributed by atoms with van der Waals surface area (Å²) < 4.78 is 0. The van der Waals surface area contributed by atoms with E-state index >= 15 is 0 Å². The van der Waals surface area contributed by atoms with Crippen molar-refractivity contribution in [3.05, 3.63) is 0 Å². The molecule has 1 atom stereocenters. The van der Waals surface area contributed by atoms with Crippen molar-refractivity contribution in [1.29, 1.82) is 0 Å². The van der Waals surface area contributed by atoms with Crippen molar-refractivity contribution >= 4 is 12.0 Å². The fraction of sp³-hybridized carbons (Fsp3) is 0.818. The van der Waals surface area contributed by atoms with Crippen molar-refractivity contribution in [3.8, 4) is 0 Å². The highest BCUT2D eigenvalue weighted by atomic mass is 16.4. The third kappa shape index (κ3) is 8.50. The number of carboxylic acid groups (broad SMARTS) is 1. The summed E-state index contributed by atoms with van der Waals surface area (Å²) in [6.07, 6.45) is 0.427. The first kappa shape index (κ1) is 15.7. The van der Waals surface area contributed by atoms with Gasteiger partial charge in [0.05, 0.1) is 0 Å². The van der Waals surface area contributed by atoms with Crippen molar-refractivity contribution in [2.75, 3.05) is 27.2 Å². The van der Waals surface area contributed by atoms with Gasteiger partial charge in [-0.1, -0.05) is 13.8 Å². The van der Waals surface area contributed by atoms with E-state index in [4.69, 9.17) is 5.11 Å². The van der Waals surface area contributed by atoms with Crippen LogP contribution in [-0.4, -0.2) is 55.2 Å². The van der Waals surface area contributed by atoms with Crippen molar-refractivity contribution in [2.24, 2.45) is 5.92 Å². The van der Waals surface area contributed by atoms with Crippen LogP contribution >= 0.6 is 0 Å². The smallest absolute Gasteiger partial charge is 0.326 e. The Morgan fingerprint density at radius 1 is 1.29 bits per heavy atom. The number of amides is 2. The molecule has 100 valence electrons. The maximum Gasteiger partial charge on any atom is 0.326 e. The first-order chi connectivity index (χ1) is 7.82. The standard InChI is InChI=1S/C11H23N3O3/c1-8(2)7-9(10(15)16)13-11(17)12-5-6-14(3)4/h8-9H,5-7H2,1-4H3,(H,15,16)(H2,12,13,17)/t9-/m0/s1. The van der Waals surface area contributed by atoms with E-state index in [9.17, 15) is 9.59 Å². The lowest BCUT2D eigenvalue weighted by Gasteiger charge is -2.17. The number of carboxylic acids is 1.